The lowest BCUT2D eigenvalue weighted by atomic mass is 10.1. The Morgan fingerprint density at radius 3 is 2.86 bits per heavy atom. The van der Waals surface area contributed by atoms with E-state index in [1.54, 1.807) is 0 Å². The molecule has 1 aliphatic rings. The van der Waals surface area contributed by atoms with Crippen molar-refractivity contribution < 1.29 is 4.79 Å². The highest BCUT2D eigenvalue weighted by Gasteiger charge is 2.20. The Morgan fingerprint density at radius 1 is 1.43 bits per heavy atom. The Labute approximate surface area is 84.5 Å². The summed E-state index contributed by atoms with van der Waals surface area (Å²) < 4.78 is 0. The molecule has 74 valence electrons. The molecule has 0 aromatic heterocycles. The fourth-order valence-corrected chi connectivity index (χ4v) is 2.03. The van der Waals surface area contributed by atoms with Crippen molar-refractivity contribution in [2.24, 2.45) is 0 Å². The van der Waals surface area contributed by atoms with E-state index in [0.717, 1.165) is 24.8 Å². The smallest absolute Gasteiger partial charge is 0.150 e. The first-order valence-corrected chi connectivity index (χ1v) is 5.07. The van der Waals surface area contributed by atoms with Crippen LogP contribution in [0.3, 0.4) is 0 Å². The number of fused-ring (bicyclic) bond motifs is 1. The van der Waals surface area contributed by atoms with Crippen LogP contribution in [-0.4, -0.2) is 18.9 Å². The van der Waals surface area contributed by atoms with Crippen LogP contribution in [0.5, 0.6) is 0 Å². The van der Waals surface area contributed by atoms with Crippen LogP contribution in [0.4, 0.5) is 5.69 Å². The molecular weight excluding hydrogens is 174 g/mol. The number of aldehydes is 1. The summed E-state index contributed by atoms with van der Waals surface area (Å²) in [6.45, 7) is 5.45. The summed E-state index contributed by atoms with van der Waals surface area (Å²) in [5.41, 5.74) is 3.38. The minimum absolute atomic E-state index is 0.512. The number of carbonyl (C=O) groups excluding carboxylic acids is 1. The van der Waals surface area contributed by atoms with Crippen LogP contribution in [-0.2, 0) is 6.42 Å². The standard InChI is InChI=1S/C12H15NO/c1-9(2)13-6-5-11-4-3-10(8-14)7-12(11)13/h3-4,7-9H,5-6H2,1-2H3. The fraction of sp³-hybridized carbons (Fsp3) is 0.417. The van der Waals surface area contributed by atoms with E-state index in [0.29, 0.717) is 6.04 Å². The van der Waals surface area contributed by atoms with Gasteiger partial charge in [0.05, 0.1) is 0 Å². The zero-order chi connectivity index (χ0) is 10.1. The number of hydrogen-bond acceptors (Lipinski definition) is 2. The summed E-state index contributed by atoms with van der Waals surface area (Å²) in [4.78, 5) is 13.0. The molecule has 2 nitrogen and oxygen atoms in total. The Morgan fingerprint density at radius 2 is 2.21 bits per heavy atom. The largest absolute Gasteiger partial charge is 0.369 e. The van der Waals surface area contributed by atoms with Gasteiger partial charge in [0.1, 0.15) is 6.29 Å². The number of hydrogen-bond donors (Lipinski definition) is 0. The third kappa shape index (κ3) is 1.41. The first-order valence-electron chi connectivity index (χ1n) is 5.07. The lowest BCUT2D eigenvalue weighted by Gasteiger charge is -2.24. The Kier molecular flexibility index (Phi) is 2.28. The highest BCUT2D eigenvalue weighted by atomic mass is 16.1. The van der Waals surface area contributed by atoms with Gasteiger partial charge in [-0.3, -0.25) is 4.79 Å². The Bertz CT molecular complexity index is 357. The molecule has 0 radical (unpaired) electrons. The lowest BCUT2D eigenvalue weighted by molar-refractivity contribution is 0.112. The van der Waals surface area contributed by atoms with Crippen molar-refractivity contribution in [1.29, 1.82) is 0 Å². The van der Waals surface area contributed by atoms with Gasteiger partial charge in [-0.15, -0.1) is 0 Å². The zero-order valence-electron chi connectivity index (χ0n) is 8.66. The predicted octanol–water partition coefficient (Wildman–Crippen LogP) is 2.27. The van der Waals surface area contributed by atoms with Crippen molar-refractivity contribution in [3.63, 3.8) is 0 Å². The van der Waals surface area contributed by atoms with Crippen LogP contribution in [0.1, 0.15) is 29.8 Å². The van der Waals surface area contributed by atoms with E-state index in [2.05, 4.69) is 24.8 Å². The molecule has 0 saturated heterocycles. The van der Waals surface area contributed by atoms with Gasteiger partial charge in [0.25, 0.3) is 0 Å². The number of carbonyl (C=O) groups is 1. The quantitative estimate of drug-likeness (QED) is 0.665. The second-order valence-electron chi connectivity index (χ2n) is 4.04. The molecule has 2 heteroatoms. The normalized spacial score (nSPS) is 14.6. The fourth-order valence-electron chi connectivity index (χ4n) is 2.03. The topological polar surface area (TPSA) is 20.3 Å². The lowest BCUT2D eigenvalue weighted by Crippen LogP contribution is -2.28. The van der Waals surface area contributed by atoms with E-state index < -0.39 is 0 Å². The molecule has 0 spiro atoms. The van der Waals surface area contributed by atoms with Crippen molar-refractivity contribution in [2.45, 2.75) is 26.3 Å². The summed E-state index contributed by atoms with van der Waals surface area (Å²) in [6, 6.07) is 6.48. The average Bonchev–Trinajstić information content (AvgIpc) is 2.59. The number of rotatable bonds is 2. The SMILES string of the molecule is CC(C)N1CCc2ccc(C=O)cc21. The van der Waals surface area contributed by atoms with Gasteiger partial charge in [0.15, 0.2) is 0 Å². The van der Waals surface area contributed by atoms with Gasteiger partial charge in [0.2, 0.25) is 0 Å². The third-order valence-corrected chi connectivity index (χ3v) is 2.80. The van der Waals surface area contributed by atoms with Crippen LogP contribution in [0, 0.1) is 0 Å². The Hall–Kier alpha value is -1.31. The van der Waals surface area contributed by atoms with E-state index in [9.17, 15) is 4.79 Å². The van der Waals surface area contributed by atoms with E-state index >= 15 is 0 Å². The molecule has 0 unspecified atom stereocenters. The van der Waals surface area contributed by atoms with E-state index in [1.165, 1.54) is 11.3 Å². The third-order valence-electron chi connectivity index (χ3n) is 2.80. The molecule has 0 amide bonds. The minimum atomic E-state index is 0.512. The summed E-state index contributed by atoms with van der Waals surface area (Å²) in [6.07, 6.45) is 2.02. The molecule has 0 bridgehead atoms. The van der Waals surface area contributed by atoms with Gasteiger partial charge in [-0.25, -0.2) is 0 Å². The highest BCUT2D eigenvalue weighted by Crippen LogP contribution is 2.30. The monoisotopic (exact) mass is 189 g/mol. The highest BCUT2D eigenvalue weighted by molar-refractivity contribution is 5.78. The van der Waals surface area contributed by atoms with Crippen molar-refractivity contribution in [3.05, 3.63) is 29.3 Å². The molecule has 14 heavy (non-hydrogen) atoms. The second-order valence-corrected chi connectivity index (χ2v) is 4.04. The first-order chi connectivity index (χ1) is 6.72. The molecule has 0 aliphatic carbocycles. The van der Waals surface area contributed by atoms with Crippen LogP contribution in [0.15, 0.2) is 18.2 Å². The molecule has 0 N–H and O–H groups in total. The van der Waals surface area contributed by atoms with Crippen molar-refractivity contribution in [1.82, 2.24) is 0 Å². The van der Waals surface area contributed by atoms with Gasteiger partial charge in [-0.1, -0.05) is 12.1 Å². The van der Waals surface area contributed by atoms with Crippen LogP contribution in [0.2, 0.25) is 0 Å². The molecule has 0 atom stereocenters. The van der Waals surface area contributed by atoms with Crippen molar-refractivity contribution in [2.75, 3.05) is 11.4 Å². The summed E-state index contributed by atoms with van der Waals surface area (Å²) in [7, 11) is 0. The molecule has 0 saturated carbocycles. The van der Waals surface area contributed by atoms with E-state index in [-0.39, 0.29) is 0 Å². The summed E-state index contributed by atoms with van der Waals surface area (Å²) >= 11 is 0. The maximum Gasteiger partial charge on any atom is 0.150 e. The molecule has 1 heterocycles. The average molecular weight is 189 g/mol. The number of anilines is 1. The molecule has 1 aliphatic heterocycles. The minimum Gasteiger partial charge on any atom is -0.369 e. The molecule has 1 aromatic carbocycles. The predicted molar refractivity (Wildman–Crippen MR) is 58.0 cm³/mol. The maximum atomic E-state index is 10.7. The number of nitrogens with zero attached hydrogens (tertiary/aromatic N) is 1. The van der Waals surface area contributed by atoms with E-state index in [4.69, 9.17) is 0 Å². The zero-order valence-corrected chi connectivity index (χ0v) is 8.66. The molecule has 2 rings (SSSR count). The first kappa shape index (κ1) is 9.25. The number of benzene rings is 1. The van der Waals surface area contributed by atoms with Crippen molar-refractivity contribution in [3.8, 4) is 0 Å². The maximum absolute atomic E-state index is 10.7. The molecular formula is C12H15NO. The van der Waals surface area contributed by atoms with E-state index in [1.807, 2.05) is 12.1 Å². The van der Waals surface area contributed by atoms with Crippen LogP contribution in [0.25, 0.3) is 0 Å². The molecule has 1 aromatic rings. The van der Waals surface area contributed by atoms with Gasteiger partial charge in [-0.2, -0.15) is 0 Å². The van der Waals surface area contributed by atoms with Gasteiger partial charge < -0.3 is 4.90 Å². The summed E-state index contributed by atoms with van der Waals surface area (Å²) in [5, 5.41) is 0. The Balaban J connectivity index is 2.41. The van der Waals surface area contributed by atoms with Gasteiger partial charge in [-0.05, 0) is 31.9 Å². The summed E-state index contributed by atoms with van der Waals surface area (Å²) in [5.74, 6) is 0. The van der Waals surface area contributed by atoms with Gasteiger partial charge in [0, 0.05) is 23.8 Å². The van der Waals surface area contributed by atoms with Crippen LogP contribution >= 0.6 is 0 Å². The van der Waals surface area contributed by atoms with Gasteiger partial charge >= 0.3 is 0 Å². The molecule has 0 fully saturated rings. The van der Waals surface area contributed by atoms with Crippen molar-refractivity contribution >= 4 is 12.0 Å². The van der Waals surface area contributed by atoms with Crippen LogP contribution < -0.4 is 4.90 Å². The second kappa shape index (κ2) is 3.45.